The number of rotatable bonds is 8. The zero-order valence-corrected chi connectivity index (χ0v) is 21.5. The van der Waals surface area contributed by atoms with Gasteiger partial charge < -0.3 is 10.2 Å². The first-order valence-electron chi connectivity index (χ1n) is 13.2. The van der Waals surface area contributed by atoms with Gasteiger partial charge in [-0.05, 0) is 62.9 Å². The fourth-order valence-corrected chi connectivity index (χ4v) is 7.12. The van der Waals surface area contributed by atoms with E-state index in [0.717, 1.165) is 83.4 Å². The Morgan fingerprint density at radius 3 is 2.23 bits per heavy atom. The Morgan fingerprint density at radius 2 is 1.54 bits per heavy atom. The van der Waals surface area contributed by atoms with Crippen LogP contribution in [0, 0.1) is 11.7 Å². The predicted molar refractivity (Wildman–Crippen MR) is 136 cm³/mol. The van der Waals surface area contributed by atoms with Gasteiger partial charge in [0.15, 0.2) is 0 Å². The molecular weight excluding hydrogens is 469 g/mol. The van der Waals surface area contributed by atoms with Crippen molar-refractivity contribution in [2.45, 2.75) is 44.9 Å². The molecule has 0 unspecified atom stereocenters. The van der Waals surface area contributed by atoms with Crippen LogP contribution in [0.3, 0.4) is 0 Å². The highest BCUT2D eigenvalue weighted by molar-refractivity contribution is 7.86. The molecule has 0 aromatic heterocycles. The van der Waals surface area contributed by atoms with E-state index in [0.29, 0.717) is 26.2 Å². The molecule has 1 aromatic rings. The Hall–Kier alpha value is -1.75. The lowest BCUT2D eigenvalue weighted by atomic mass is 9.99. The molecule has 0 aliphatic carbocycles. The highest BCUT2D eigenvalue weighted by atomic mass is 32.2. The first kappa shape index (κ1) is 26.3. The summed E-state index contributed by atoms with van der Waals surface area (Å²) in [5, 5.41) is 3.05. The largest absolute Gasteiger partial charge is 0.369 e. The molecule has 3 heterocycles. The van der Waals surface area contributed by atoms with Crippen molar-refractivity contribution in [1.82, 2.24) is 18.8 Å². The maximum absolute atomic E-state index is 13.1. The molecule has 1 atom stereocenters. The van der Waals surface area contributed by atoms with Crippen molar-refractivity contribution in [2.75, 3.05) is 70.3 Å². The van der Waals surface area contributed by atoms with Gasteiger partial charge in [-0.1, -0.05) is 12.8 Å². The van der Waals surface area contributed by atoms with Gasteiger partial charge in [0, 0.05) is 64.6 Å². The molecule has 0 spiro atoms. The molecule has 1 aromatic carbocycles. The predicted octanol–water partition coefficient (Wildman–Crippen LogP) is 2.29. The number of anilines is 1. The average molecular weight is 510 g/mol. The van der Waals surface area contributed by atoms with Crippen LogP contribution < -0.4 is 10.2 Å². The van der Waals surface area contributed by atoms with Crippen LogP contribution in [0.2, 0.25) is 0 Å². The van der Waals surface area contributed by atoms with E-state index in [9.17, 15) is 17.6 Å². The standard InChI is InChI=1S/C25H40FN5O3S/c26-23-8-10-24(11-9-23)29-19-17-28(18-20-29)13-6-12-27-25(32)22-7-5-16-31(21-22)35(33,34)30-14-3-1-2-4-15-30/h8-11,22H,1-7,12-21H2,(H,27,32)/t22-/m1/s1. The van der Waals surface area contributed by atoms with E-state index in [1.807, 2.05) is 12.1 Å². The Labute approximate surface area is 209 Å². The second-order valence-electron chi connectivity index (χ2n) is 9.97. The molecule has 1 amide bonds. The second-order valence-corrected chi connectivity index (χ2v) is 11.9. The number of nitrogens with zero attached hydrogens (tertiary/aromatic N) is 4. The number of piperazine rings is 1. The van der Waals surface area contributed by atoms with Crippen LogP contribution in [0.1, 0.15) is 44.9 Å². The molecule has 3 aliphatic heterocycles. The summed E-state index contributed by atoms with van der Waals surface area (Å²) in [5.41, 5.74) is 1.05. The summed E-state index contributed by atoms with van der Waals surface area (Å²) in [6.45, 7) is 7.19. The number of amides is 1. The monoisotopic (exact) mass is 509 g/mol. The summed E-state index contributed by atoms with van der Waals surface area (Å²) < 4.78 is 42.5. The SMILES string of the molecule is O=C(NCCCN1CCN(c2ccc(F)cc2)CC1)[C@@H]1CCCN(S(=O)(=O)N2CCCCCC2)C1. The van der Waals surface area contributed by atoms with Crippen molar-refractivity contribution < 1.29 is 17.6 Å². The minimum Gasteiger partial charge on any atom is -0.369 e. The summed E-state index contributed by atoms with van der Waals surface area (Å²) in [6.07, 6.45) is 6.33. The summed E-state index contributed by atoms with van der Waals surface area (Å²) in [7, 11) is -3.48. The second kappa shape index (κ2) is 12.5. The van der Waals surface area contributed by atoms with E-state index in [1.165, 1.54) is 16.4 Å². The van der Waals surface area contributed by atoms with Crippen LogP contribution in [-0.2, 0) is 15.0 Å². The molecule has 3 saturated heterocycles. The van der Waals surface area contributed by atoms with Crippen LogP contribution >= 0.6 is 0 Å². The summed E-state index contributed by atoms with van der Waals surface area (Å²) >= 11 is 0. The average Bonchev–Trinajstić information content (AvgIpc) is 3.18. The topological polar surface area (TPSA) is 76.2 Å². The molecule has 0 bridgehead atoms. The van der Waals surface area contributed by atoms with Crippen LogP contribution in [0.5, 0.6) is 0 Å². The van der Waals surface area contributed by atoms with E-state index in [4.69, 9.17) is 0 Å². The number of hydrogen-bond acceptors (Lipinski definition) is 5. The number of nitrogens with one attached hydrogen (secondary N) is 1. The van der Waals surface area contributed by atoms with E-state index >= 15 is 0 Å². The summed E-state index contributed by atoms with van der Waals surface area (Å²) in [4.78, 5) is 17.4. The summed E-state index contributed by atoms with van der Waals surface area (Å²) in [5.74, 6) is -0.513. The first-order chi connectivity index (χ1) is 16.9. The van der Waals surface area contributed by atoms with Crippen molar-refractivity contribution in [3.8, 4) is 0 Å². The lowest BCUT2D eigenvalue weighted by Crippen LogP contribution is -2.51. The Balaban J connectivity index is 1.15. The molecule has 3 aliphatic rings. The molecule has 3 fully saturated rings. The highest BCUT2D eigenvalue weighted by Crippen LogP contribution is 2.23. The molecule has 10 heteroatoms. The van der Waals surface area contributed by atoms with Crippen molar-refractivity contribution >= 4 is 21.8 Å². The molecule has 1 N–H and O–H groups in total. The molecular formula is C25H40FN5O3S. The minimum absolute atomic E-state index is 0.0260. The fourth-order valence-electron chi connectivity index (χ4n) is 5.34. The maximum Gasteiger partial charge on any atom is 0.281 e. The lowest BCUT2D eigenvalue weighted by Gasteiger charge is -2.36. The molecule has 8 nitrogen and oxygen atoms in total. The van der Waals surface area contributed by atoms with Crippen LogP contribution in [0.15, 0.2) is 24.3 Å². The number of halogens is 1. The lowest BCUT2D eigenvalue weighted by molar-refractivity contribution is -0.126. The van der Waals surface area contributed by atoms with E-state index < -0.39 is 10.2 Å². The van der Waals surface area contributed by atoms with Crippen molar-refractivity contribution in [2.24, 2.45) is 5.92 Å². The number of piperidine rings is 1. The molecule has 35 heavy (non-hydrogen) atoms. The number of carbonyl (C=O) groups is 1. The van der Waals surface area contributed by atoms with Gasteiger partial charge in [-0.15, -0.1) is 0 Å². The fraction of sp³-hybridized carbons (Fsp3) is 0.720. The zero-order chi connectivity index (χ0) is 24.7. The van der Waals surface area contributed by atoms with E-state index in [1.54, 1.807) is 4.31 Å². The minimum atomic E-state index is -3.48. The van der Waals surface area contributed by atoms with Crippen LogP contribution in [0.25, 0.3) is 0 Å². The third kappa shape index (κ3) is 7.15. The summed E-state index contributed by atoms with van der Waals surface area (Å²) in [6, 6.07) is 6.65. The maximum atomic E-state index is 13.1. The van der Waals surface area contributed by atoms with E-state index in [-0.39, 0.29) is 24.2 Å². The van der Waals surface area contributed by atoms with Gasteiger partial charge in [0.2, 0.25) is 5.91 Å². The first-order valence-corrected chi connectivity index (χ1v) is 14.6. The van der Waals surface area contributed by atoms with Crippen molar-refractivity contribution in [1.29, 1.82) is 0 Å². The number of carbonyl (C=O) groups excluding carboxylic acids is 1. The third-order valence-electron chi connectivity index (χ3n) is 7.49. The Morgan fingerprint density at radius 1 is 0.886 bits per heavy atom. The molecule has 196 valence electrons. The quantitative estimate of drug-likeness (QED) is 0.545. The van der Waals surface area contributed by atoms with Gasteiger partial charge in [-0.25, -0.2) is 4.39 Å². The van der Waals surface area contributed by atoms with Crippen LogP contribution in [-0.4, -0.2) is 93.3 Å². The third-order valence-corrected chi connectivity index (χ3v) is 9.49. The molecule has 0 saturated carbocycles. The Kier molecular flexibility index (Phi) is 9.38. The van der Waals surface area contributed by atoms with Crippen molar-refractivity contribution in [3.05, 3.63) is 30.1 Å². The van der Waals surface area contributed by atoms with Gasteiger partial charge in [-0.3, -0.25) is 9.69 Å². The van der Waals surface area contributed by atoms with E-state index in [2.05, 4.69) is 15.1 Å². The van der Waals surface area contributed by atoms with Crippen molar-refractivity contribution in [3.63, 3.8) is 0 Å². The van der Waals surface area contributed by atoms with Gasteiger partial charge in [0.1, 0.15) is 5.82 Å². The number of benzene rings is 1. The van der Waals surface area contributed by atoms with Gasteiger partial charge >= 0.3 is 0 Å². The van der Waals surface area contributed by atoms with Gasteiger partial charge in [0.25, 0.3) is 10.2 Å². The van der Waals surface area contributed by atoms with Gasteiger partial charge in [0.05, 0.1) is 5.92 Å². The molecule has 0 radical (unpaired) electrons. The van der Waals surface area contributed by atoms with Gasteiger partial charge in [-0.2, -0.15) is 17.0 Å². The smallest absolute Gasteiger partial charge is 0.281 e. The molecule has 4 rings (SSSR count). The normalized spacial score (nSPS) is 23.7. The Bertz CT molecular complexity index is 914. The highest BCUT2D eigenvalue weighted by Gasteiger charge is 2.35. The van der Waals surface area contributed by atoms with Crippen LogP contribution in [0.4, 0.5) is 10.1 Å². The number of hydrogen-bond donors (Lipinski definition) is 1. The zero-order valence-electron chi connectivity index (χ0n) is 20.7.